The van der Waals surface area contributed by atoms with Crippen LogP contribution in [-0.4, -0.2) is 45.5 Å². The highest BCUT2D eigenvalue weighted by Crippen LogP contribution is 2.26. The first kappa shape index (κ1) is 19.7. The Hall–Kier alpha value is -2.05. The molecule has 0 amide bonds. The van der Waals surface area contributed by atoms with Crippen LogP contribution in [0.3, 0.4) is 0 Å². The molecule has 0 aliphatic carbocycles. The van der Waals surface area contributed by atoms with Crippen molar-refractivity contribution in [1.82, 2.24) is 4.31 Å². The second-order valence-corrected chi connectivity index (χ2v) is 8.89. The zero-order valence-corrected chi connectivity index (χ0v) is 17.1. The van der Waals surface area contributed by atoms with E-state index in [0.29, 0.717) is 37.7 Å². The molecule has 1 fully saturated rings. The van der Waals surface area contributed by atoms with E-state index < -0.39 is 10.0 Å². The normalized spacial score (nSPS) is 15.7. The van der Waals surface area contributed by atoms with Crippen LogP contribution in [-0.2, 0) is 10.0 Å². The summed E-state index contributed by atoms with van der Waals surface area (Å²) in [5.41, 5.74) is 3.25. The summed E-state index contributed by atoms with van der Waals surface area (Å²) < 4.78 is 33.3. The van der Waals surface area contributed by atoms with Crippen molar-refractivity contribution in [3.05, 3.63) is 53.6 Å². The lowest BCUT2D eigenvalue weighted by molar-refractivity contribution is 0.315. The van der Waals surface area contributed by atoms with Crippen molar-refractivity contribution in [2.75, 3.05) is 37.7 Å². The Morgan fingerprint density at radius 1 is 0.963 bits per heavy atom. The molecule has 1 saturated heterocycles. The summed E-state index contributed by atoms with van der Waals surface area (Å²) in [4.78, 5) is 2.60. The molecule has 0 N–H and O–H groups in total. The Morgan fingerprint density at radius 3 is 2.30 bits per heavy atom. The number of nitrogens with zero attached hydrogens (tertiary/aromatic N) is 2. The van der Waals surface area contributed by atoms with Gasteiger partial charge in [0.25, 0.3) is 0 Å². The van der Waals surface area contributed by atoms with Crippen molar-refractivity contribution < 1.29 is 13.2 Å². The number of rotatable bonds is 6. The third kappa shape index (κ3) is 4.28. The molecule has 0 radical (unpaired) electrons. The molecule has 5 nitrogen and oxygen atoms in total. The van der Waals surface area contributed by atoms with Gasteiger partial charge in [0.15, 0.2) is 0 Å². The molecular weight excluding hydrogens is 360 g/mol. The topological polar surface area (TPSA) is 49.9 Å². The summed E-state index contributed by atoms with van der Waals surface area (Å²) in [5.74, 6) is 0.750. The fourth-order valence-electron chi connectivity index (χ4n) is 3.39. The largest absolute Gasteiger partial charge is 0.493 e. The van der Waals surface area contributed by atoms with Gasteiger partial charge in [0, 0.05) is 31.9 Å². The molecule has 2 aromatic rings. The van der Waals surface area contributed by atoms with Gasteiger partial charge in [-0.2, -0.15) is 4.31 Å². The zero-order chi connectivity index (χ0) is 19.4. The Balaban J connectivity index is 1.71. The number of ether oxygens (including phenoxy) is 1. The van der Waals surface area contributed by atoms with Crippen LogP contribution < -0.4 is 9.64 Å². The van der Waals surface area contributed by atoms with Gasteiger partial charge < -0.3 is 9.64 Å². The van der Waals surface area contributed by atoms with E-state index in [1.807, 2.05) is 26.0 Å². The van der Waals surface area contributed by atoms with Crippen LogP contribution in [0.25, 0.3) is 0 Å². The molecule has 0 bridgehead atoms. The smallest absolute Gasteiger partial charge is 0.243 e. The molecule has 0 atom stereocenters. The van der Waals surface area contributed by atoms with Crippen molar-refractivity contribution in [1.29, 1.82) is 0 Å². The molecule has 0 unspecified atom stereocenters. The monoisotopic (exact) mass is 388 g/mol. The fourth-order valence-corrected chi connectivity index (χ4v) is 4.90. The van der Waals surface area contributed by atoms with E-state index in [1.54, 1.807) is 22.5 Å². The van der Waals surface area contributed by atoms with E-state index in [2.05, 4.69) is 24.0 Å². The summed E-state index contributed by atoms with van der Waals surface area (Å²) in [6.45, 7) is 9.02. The molecule has 2 aromatic carbocycles. The maximum absolute atomic E-state index is 13.0. The number of hydrogen-bond acceptors (Lipinski definition) is 4. The SMILES string of the molecule is CCCOc1ccc(S(=O)(=O)N2CCN(c3ccccc3C)CC2)cc1C. The van der Waals surface area contributed by atoms with Gasteiger partial charge in [0.2, 0.25) is 10.0 Å². The van der Waals surface area contributed by atoms with Crippen LogP contribution >= 0.6 is 0 Å². The van der Waals surface area contributed by atoms with Gasteiger partial charge in [0.1, 0.15) is 5.75 Å². The van der Waals surface area contributed by atoms with Crippen molar-refractivity contribution in [3.63, 3.8) is 0 Å². The summed E-state index contributed by atoms with van der Waals surface area (Å²) in [7, 11) is -3.49. The number of para-hydroxylation sites is 1. The van der Waals surface area contributed by atoms with Gasteiger partial charge in [-0.05, 0) is 55.7 Å². The average Bonchev–Trinajstić information content (AvgIpc) is 2.67. The van der Waals surface area contributed by atoms with Crippen molar-refractivity contribution in [3.8, 4) is 5.75 Å². The van der Waals surface area contributed by atoms with Crippen LogP contribution in [0.15, 0.2) is 47.4 Å². The second kappa shape index (κ2) is 8.31. The molecule has 27 heavy (non-hydrogen) atoms. The van der Waals surface area contributed by atoms with Crippen LogP contribution in [0.2, 0.25) is 0 Å². The highest BCUT2D eigenvalue weighted by molar-refractivity contribution is 7.89. The average molecular weight is 389 g/mol. The summed E-state index contributed by atoms with van der Waals surface area (Å²) in [5, 5.41) is 0. The lowest BCUT2D eigenvalue weighted by atomic mass is 10.1. The lowest BCUT2D eigenvalue weighted by Gasteiger charge is -2.36. The maximum atomic E-state index is 13.0. The third-order valence-electron chi connectivity index (χ3n) is 4.94. The minimum absolute atomic E-state index is 0.341. The first-order valence-electron chi connectivity index (χ1n) is 9.47. The minimum Gasteiger partial charge on any atom is -0.493 e. The Kier molecular flexibility index (Phi) is 6.07. The summed E-state index contributed by atoms with van der Waals surface area (Å²) >= 11 is 0. The van der Waals surface area contributed by atoms with E-state index in [9.17, 15) is 8.42 Å². The number of hydrogen-bond donors (Lipinski definition) is 0. The number of sulfonamides is 1. The van der Waals surface area contributed by atoms with Crippen molar-refractivity contribution in [2.45, 2.75) is 32.1 Å². The van der Waals surface area contributed by atoms with E-state index in [-0.39, 0.29) is 0 Å². The van der Waals surface area contributed by atoms with Gasteiger partial charge >= 0.3 is 0 Å². The second-order valence-electron chi connectivity index (χ2n) is 6.95. The van der Waals surface area contributed by atoms with Crippen LogP contribution in [0, 0.1) is 13.8 Å². The third-order valence-corrected chi connectivity index (χ3v) is 6.84. The van der Waals surface area contributed by atoms with E-state index >= 15 is 0 Å². The summed E-state index contributed by atoms with van der Waals surface area (Å²) in [6, 6.07) is 13.4. The van der Waals surface area contributed by atoms with Gasteiger partial charge in [0.05, 0.1) is 11.5 Å². The molecule has 0 spiro atoms. The number of aryl methyl sites for hydroxylation is 2. The molecular formula is C21H28N2O3S. The highest BCUT2D eigenvalue weighted by atomic mass is 32.2. The van der Waals surface area contributed by atoms with Gasteiger partial charge in [-0.15, -0.1) is 0 Å². The molecule has 1 aliphatic heterocycles. The predicted molar refractivity (Wildman–Crippen MR) is 109 cm³/mol. The molecule has 146 valence electrons. The highest BCUT2D eigenvalue weighted by Gasteiger charge is 2.29. The molecule has 3 rings (SSSR count). The fraction of sp³-hybridized carbons (Fsp3) is 0.429. The standard InChI is InChI=1S/C21H28N2O3S/c1-4-15-26-21-10-9-19(16-18(21)3)27(24,25)23-13-11-22(12-14-23)20-8-6-5-7-17(20)2/h5-10,16H,4,11-15H2,1-3H3. The van der Waals surface area contributed by atoms with Gasteiger partial charge in [-0.1, -0.05) is 25.1 Å². The van der Waals surface area contributed by atoms with E-state index in [0.717, 1.165) is 17.7 Å². The molecule has 0 saturated carbocycles. The Labute approximate surface area is 162 Å². The summed E-state index contributed by atoms with van der Waals surface area (Å²) in [6.07, 6.45) is 0.921. The molecule has 6 heteroatoms. The maximum Gasteiger partial charge on any atom is 0.243 e. The Morgan fingerprint density at radius 2 is 1.67 bits per heavy atom. The zero-order valence-electron chi connectivity index (χ0n) is 16.3. The van der Waals surface area contributed by atoms with Crippen LogP contribution in [0.1, 0.15) is 24.5 Å². The predicted octanol–water partition coefficient (Wildman–Crippen LogP) is 3.60. The van der Waals surface area contributed by atoms with Crippen molar-refractivity contribution >= 4 is 15.7 Å². The number of piperazine rings is 1. The van der Waals surface area contributed by atoms with E-state index in [1.165, 1.54) is 11.3 Å². The first-order valence-corrected chi connectivity index (χ1v) is 10.9. The van der Waals surface area contributed by atoms with Crippen LogP contribution in [0.4, 0.5) is 5.69 Å². The van der Waals surface area contributed by atoms with Crippen molar-refractivity contribution in [2.24, 2.45) is 0 Å². The molecule has 1 heterocycles. The number of anilines is 1. The van der Waals surface area contributed by atoms with Gasteiger partial charge in [-0.3, -0.25) is 0 Å². The number of benzene rings is 2. The minimum atomic E-state index is -3.49. The Bertz CT molecular complexity index is 888. The molecule has 0 aromatic heterocycles. The quantitative estimate of drug-likeness (QED) is 0.759. The van der Waals surface area contributed by atoms with Crippen LogP contribution in [0.5, 0.6) is 5.75 Å². The first-order chi connectivity index (χ1) is 12.9. The molecule has 1 aliphatic rings. The van der Waals surface area contributed by atoms with E-state index in [4.69, 9.17) is 4.74 Å². The van der Waals surface area contributed by atoms with Gasteiger partial charge in [-0.25, -0.2) is 8.42 Å². The lowest BCUT2D eigenvalue weighted by Crippen LogP contribution is -2.48.